The van der Waals surface area contributed by atoms with Crippen molar-refractivity contribution in [2.45, 2.75) is 160 Å². The minimum absolute atomic E-state index is 0.152. The normalized spacial score (nSPS) is 19.3. The lowest BCUT2D eigenvalue weighted by molar-refractivity contribution is -0.331. The standard InChI is InChI=1S/C53H72O9/c1-2-3-4-5-6-7-8-9-10-11-12-13-26-35-49(55)57-40-47(54)41-61-53-52(60-39-46-33-24-17-25-34-46)51(59-38-45-31-22-16-23-32-45)50(58-37-44-29-20-15-21-30-44)48(62-53)42-56-36-43-27-18-14-19-28-43/h14-25,27-34,47-48,50-54H,2-13,26,35-42H2,1H3/t47-,48+,50+,51-,52+,53+/m0/s1. The minimum atomic E-state index is -1.08. The third kappa shape index (κ3) is 19.2. The lowest BCUT2D eigenvalue weighted by Crippen LogP contribution is -2.62. The van der Waals surface area contributed by atoms with E-state index in [-0.39, 0.29) is 32.4 Å². The second-order valence-electron chi connectivity index (χ2n) is 16.5. The quantitative estimate of drug-likeness (QED) is 0.0380. The van der Waals surface area contributed by atoms with Crippen molar-refractivity contribution in [1.82, 2.24) is 0 Å². The number of benzene rings is 4. The summed E-state index contributed by atoms with van der Waals surface area (Å²) in [4.78, 5) is 12.6. The Morgan fingerprint density at radius 1 is 0.516 bits per heavy atom. The first-order chi connectivity index (χ1) is 30.6. The second-order valence-corrected chi connectivity index (χ2v) is 16.5. The van der Waals surface area contributed by atoms with Gasteiger partial charge in [-0.25, -0.2) is 0 Å². The molecule has 4 aromatic carbocycles. The van der Waals surface area contributed by atoms with Gasteiger partial charge < -0.3 is 38.3 Å². The fourth-order valence-electron chi connectivity index (χ4n) is 7.68. The van der Waals surface area contributed by atoms with E-state index in [1.165, 1.54) is 64.2 Å². The number of carbonyl (C=O) groups is 1. The van der Waals surface area contributed by atoms with Gasteiger partial charge in [0.05, 0.1) is 39.6 Å². The molecule has 1 aliphatic heterocycles. The number of hydrogen-bond donors (Lipinski definition) is 1. The molecule has 1 N–H and O–H groups in total. The Morgan fingerprint density at radius 3 is 1.42 bits per heavy atom. The molecule has 1 heterocycles. The van der Waals surface area contributed by atoms with Gasteiger partial charge in [-0.3, -0.25) is 4.79 Å². The van der Waals surface area contributed by atoms with E-state index in [9.17, 15) is 9.90 Å². The molecular weight excluding hydrogens is 781 g/mol. The van der Waals surface area contributed by atoms with Crippen molar-refractivity contribution in [1.29, 1.82) is 0 Å². The Balaban J connectivity index is 1.19. The van der Waals surface area contributed by atoms with E-state index in [4.69, 9.17) is 33.2 Å². The van der Waals surface area contributed by atoms with Gasteiger partial charge in [0.1, 0.15) is 37.1 Å². The van der Waals surface area contributed by atoms with Crippen LogP contribution in [0.1, 0.15) is 119 Å². The molecule has 6 atom stereocenters. The van der Waals surface area contributed by atoms with Crippen LogP contribution in [0, 0.1) is 0 Å². The summed E-state index contributed by atoms with van der Waals surface area (Å²) in [7, 11) is 0. The molecule has 0 aliphatic carbocycles. The summed E-state index contributed by atoms with van der Waals surface area (Å²) in [6, 6.07) is 39.8. The molecule has 9 nitrogen and oxygen atoms in total. The monoisotopic (exact) mass is 853 g/mol. The predicted octanol–water partition coefficient (Wildman–Crippen LogP) is 11.1. The summed E-state index contributed by atoms with van der Waals surface area (Å²) < 4.78 is 45.0. The molecule has 0 radical (unpaired) electrons. The Kier molecular flexibility index (Phi) is 23.9. The first kappa shape index (κ1) is 49.1. The predicted molar refractivity (Wildman–Crippen MR) is 243 cm³/mol. The fourth-order valence-corrected chi connectivity index (χ4v) is 7.68. The zero-order chi connectivity index (χ0) is 43.3. The van der Waals surface area contributed by atoms with Crippen molar-refractivity contribution in [3.05, 3.63) is 144 Å². The number of rotatable bonds is 32. The summed E-state index contributed by atoms with van der Waals surface area (Å²) >= 11 is 0. The van der Waals surface area contributed by atoms with Gasteiger partial charge >= 0.3 is 5.97 Å². The SMILES string of the molecule is CCCCCCCCCCCCCCCC(=O)OC[C@H](O)CO[C@@H]1O[C@H](COCc2ccccc2)[C@@H](OCc2ccccc2)[C@H](OCc2ccccc2)[C@H]1OCc1ccccc1. The number of hydrogen-bond acceptors (Lipinski definition) is 9. The average Bonchev–Trinajstić information content (AvgIpc) is 3.31. The summed E-state index contributed by atoms with van der Waals surface area (Å²) in [6.45, 7) is 3.37. The van der Waals surface area contributed by atoms with Gasteiger partial charge in [0.2, 0.25) is 0 Å². The van der Waals surface area contributed by atoms with Gasteiger partial charge in [-0.05, 0) is 28.7 Å². The second kappa shape index (κ2) is 30.2. The van der Waals surface area contributed by atoms with E-state index < -0.39 is 36.8 Å². The molecule has 0 spiro atoms. The molecule has 62 heavy (non-hydrogen) atoms. The average molecular weight is 853 g/mol. The molecule has 0 amide bonds. The number of unbranched alkanes of at least 4 members (excludes halogenated alkanes) is 12. The van der Waals surface area contributed by atoms with Crippen LogP contribution in [0.2, 0.25) is 0 Å². The van der Waals surface area contributed by atoms with Gasteiger partial charge in [0.25, 0.3) is 0 Å². The maximum atomic E-state index is 12.6. The van der Waals surface area contributed by atoms with Crippen LogP contribution < -0.4 is 0 Å². The van der Waals surface area contributed by atoms with Crippen molar-refractivity contribution in [3.63, 3.8) is 0 Å². The van der Waals surface area contributed by atoms with Gasteiger partial charge in [0, 0.05) is 6.42 Å². The zero-order valence-electron chi connectivity index (χ0n) is 37.1. The van der Waals surface area contributed by atoms with Crippen LogP contribution in [-0.2, 0) is 64.4 Å². The molecule has 0 saturated carbocycles. The van der Waals surface area contributed by atoms with Crippen LogP contribution in [0.4, 0.5) is 0 Å². The van der Waals surface area contributed by atoms with E-state index in [0.717, 1.165) is 41.5 Å². The molecule has 0 aromatic heterocycles. The molecule has 1 fully saturated rings. The smallest absolute Gasteiger partial charge is 0.305 e. The molecule has 9 heteroatoms. The molecular formula is C53H72O9. The van der Waals surface area contributed by atoms with Crippen molar-refractivity contribution in [3.8, 4) is 0 Å². The van der Waals surface area contributed by atoms with Crippen LogP contribution in [0.15, 0.2) is 121 Å². The summed E-state index contributed by atoms with van der Waals surface area (Å²) in [5.41, 5.74) is 4.00. The third-order valence-electron chi connectivity index (χ3n) is 11.2. The highest BCUT2D eigenvalue weighted by Gasteiger charge is 2.49. The zero-order valence-corrected chi connectivity index (χ0v) is 37.1. The molecule has 4 aromatic rings. The van der Waals surface area contributed by atoms with E-state index >= 15 is 0 Å². The third-order valence-corrected chi connectivity index (χ3v) is 11.2. The molecule has 338 valence electrons. The van der Waals surface area contributed by atoms with Crippen molar-refractivity contribution in [2.75, 3.05) is 19.8 Å². The number of ether oxygens (including phenoxy) is 7. The van der Waals surface area contributed by atoms with Crippen molar-refractivity contribution >= 4 is 5.97 Å². The molecule has 0 unspecified atom stereocenters. The van der Waals surface area contributed by atoms with E-state index in [0.29, 0.717) is 26.2 Å². The maximum absolute atomic E-state index is 12.6. The molecule has 1 aliphatic rings. The lowest BCUT2D eigenvalue weighted by atomic mass is 9.97. The molecule has 1 saturated heterocycles. The molecule has 0 bridgehead atoms. The van der Waals surface area contributed by atoms with E-state index in [1.54, 1.807) is 0 Å². The van der Waals surface area contributed by atoms with Gasteiger partial charge in [0.15, 0.2) is 6.29 Å². The first-order valence-electron chi connectivity index (χ1n) is 23.3. The van der Waals surface area contributed by atoms with Gasteiger partial charge in [-0.2, -0.15) is 0 Å². The number of esters is 1. The number of carbonyl (C=O) groups excluding carboxylic acids is 1. The maximum Gasteiger partial charge on any atom is 0.305 e. The number of aliphatic hydroxyl groups excluding tert-OH is 1. The highest BCUT2D eigenvalue weighted by Crippen LogP contribution is 2.32. The Morgan fingerprint density at radius 2 is 0.935 bits per heavy atom. The summed E-state index contributed by atoms with van der Waals surface area (Å²) in [5, 5.41) is 11.0. The minimum Gasteiger partial charge on any atom is -0.463 e. The highest BCUT2D eigenvalue weighted by molar-refractivity contribution is 5.69. The topological polar surface area (TPSA) is 102 Å². The van der Waals surface area contributed by atoms with Crippen LogP contribution in [0.25, 0.3) is 0 Å². The largest absolute Gasteiger partial charge is 0.463 e. The first-order valence-corrected chi connectivity index (χ1v) is 23.3. The summed E-state index contributed by atoms with van der Waals surface area (Å²) in [6.07, 6.45) is 11.7. The highest BCUT2D eigenvalue weighted by atomic mass is 16.7. The number of aliphatic hydroxyl groups is 1. The Labute approximate surface area is 371 Å². The van der Waals surface area contributed by atoms with Crippen LogP contribution in [0.3, 0.4) is 0 Å². The lowest BCUT2D eigenvalue weighted by Gasteiger charge is -2.46. The van der Waals surface area contributed by atoms with E-state index in [2.05, 4.69) is 6.92 Å². The van der Waals surface area contributed by atoms with Crippen LogP contribution in [0.5, 0.6) is 0 Å². The molecule has 5 rings (SSSR count). The Bertz CT molecular complexity index is 1690. The van der Waals surface area contributed by atoms with Gasteiger partial charge in [-0.15, -0.1) is 0 Å². The van der Waals surface area contributed by atoms with Crippen molar-refractivity contribution in [2.24, 2.45) is 0 Å². The van der Waals surface area contributed by atoms with Crippen LogP contribution in [-0.4, -0.2) is 67.7 Å². The van der Waals surface area contributed by atoms with Crippen molar-refractivity contribution < 1.29 is 43.1 Å². The summed E-state index contributed by atoms with van der Waals surface area (Å²) in [5.74, 6) is -0.312. The van der Waals surface area contributed by atoms with E-state index in [1.807, 2.05) is 121 Å². The fraction of sp³-hybridized carbons (Fsp3) is 0.528. The Hall–Kier alpha value is -3.93. The van der Waals surface area contributed by atoms with Crippen LogP contribution >= 0.6 is 0 Å². The van der Waals surface area contributed by atoms with Gasteiger partial charge in [-0.1, -0.05) is 205 Å².